The van der Waals surface area contributed by atoms with Crippen molar-refractivity contribution in [2.24, 2.45) is 0 Å². The van der Waals surface area contributed by atoms with Gasteiger partial charge in [0.05, 0.1) is 10.6 Å². The second-order valence-electron chi connectivity index (χ2n) is 7.63. The number of hydrogen-bond donors (Lipinski definition) is 0. The van der Waals surface area contributed by atoms with Crippen molar-refractivity contribution in [1.29, 1.82) is 0 Å². The van der Waals surface area contributed by atoms with Crippen LogP contribution < -0.4 is 9.47 Å². The van der Waals surface area contributed by atoms with Crippen molar-refractivity contribution < 1.29 is 22.7 Å². The van der Waals surface area contributed by atoms with Gasteiger partial charge in [0, 0.05) is 38.3 Å². The van der Waals surface area contributed by atoms with E-state index in [1.54, 1.807) is 17.3 Å². The highest BCUT2D eigenvalue weighted by molar-refractivity contribution is 7.99. The summed E-state index contributed by atoms with van der Waals surface area (Å²) in [7, 11) is -3.67. The number of nitrogens with zero attached hydrogens (tertiary/aromatic N) is 5. The molecule has 1 saturated carbocycles. The number of ether oxygens (including phenoxy) is 2. The van der Waals surface area contributed by atoms with Crippen molar-refractivity contribution in [3.05, 3.63) is 24.5 Å². The first kappa shape index (κ1) is 20.6. The third-order valence-corrected chi connectivity index (χ3v) is 8.38. The van der Waals surface area contributed by atoms with Crippen LogP contribution in [-0.4, -0.2) is 83.4 Å². The van der Waals surface area contributed by atoms with Gasteiger partial charge in [-0.3, -0.25) is 4.79 Å². The third kappa shape index (κ3) is 4.23. The van der Waals surface area contributed by atoms with Crippen molar-refractivity contribution in [3.63, 3.8) is 0 Å². The van der Waals surface area contributed by atoms with Crippen molar-refractivity contribution >= 4 is 27.7 Å². The minimum atomic E-state index is -3.67. The van der Waals surface area contributed by atoms with Crippen LogP contribution in [0.5, 0.6) is 11.5 Å². The van der Waals surface area contributed by atoms with Crippen molar-refractivity contribution in [3.8, 4) is 11.5 Å². The van der Waals surface area contributed by atoms with E-state index in [0.717, 1.165) is 18.0 Å². The van der Waals surface area contributed by atoms with Gasteiger partial charge >= 0.3 is 0 Å². The maximum absolute atomic E-state index is 13.0. The summed E-state index contributed by atoms with van der Waals surface area (Å²) < 4.78 is 40.5. The van der Waals surface area contributed by atoms with Gasteiger partial charge in [-0.15, -0.1) is 10.2 Å². The standard InChI is InChI=1S/C19H23N5O5S2/c25-18(12-30-19-21-20-13-24(19)14-1-2-14)22-5-7-23(8-6-22)31(26,27)15-3-4-16-17(11-15)29-10-9-28-16/h3-4,11,13-14H,1-2,5-10,12H2. The van der Waals surface area contributed by atoms with Gasteiger partial charge in [0.2, 0.25) is 15.9 Å². The van der Waals surface area contributed by atoms with Gasteiger partial charge in [0.15, 0.2) is 16.7 Å². The number of rotatable bonds is 6. The first-order valence-corrected chi connectivity index (χ1v) is 12.6. The third-order valence-electron chi connectivity index (χ3n) is 5.55. The van der Waals surface area contributed by atoms with E-state index in [4.69, 9.17) is 9.47 Å². The molecule has 0 unspecified atom stereocenters. The van der Waals surface area contributed by atoms with Crippen LogP contribution in [0.25, 0.3) is 0 Å². The second-order valence-corrected chi connectivity index (χ2v) is 10.5. The molecule has 2 fully saturated rings. The van der Waals surface area contributed by atoms with Crippen molar-refractivity contribution in [2.75, 3.05) is 45.1 Å². The Morgan fingerprint density at radius 3 is 2.58 bits per heavy atom. The number of aromatic nitrogens is 3. The lowest BCUT2D eigenvalue weighted by atomic mass is 10.3. The van der Waals surface area contributed by atoms with Crippen molar-refractivity contribution in [1.82, 2.24) is 24.0 Å². The predicted molar refractivity (Wildman–Crippen MR) is 112 cm³/mol. The summed E-state index contributed by atoms with van der Waals surface area (Å²) in [5.41, 5.74) is 0. The maximum Gasteiger partial charge on any atom is 0.243 e. The van der Waals surface area contributed by atoms with E-state index in [1.165, 1.54) is 28.2 Å². The molecule has 0 N–H and O–H groups in total. The second kappa shape index (κ2) is 8.32. The summed E-state index contributed by atoms with van der Waals surface area (Å²) in [5.74, 6) is 1.24. The number of thioether (sulfide) groups is 1. The predicted octanol–water partition coefficient (Wildman–Crippen LogP) is 1.01. The Morgan fingerprint density at radius 1 is 1.10 bits per heavy atom. The molecule has 5 rings (SSSR count). The summed E-state index contributed by atoms with van der Waals surface area (Å²) in [6, 6.07) is 5.13. The Hall–Kier alpha value is -2.31. The molecule has 12 heteroatoms. The van der Waals surface area contributed by atoms with Crippen LogP contribution in [0.15, 0.2) is 34.6 Å². The fourth-order valence-corrected chi connectivity index (χ4v) is 5.99. The molecule has 1 aliphatic carbocycles. The van der Waals surface area contributed by atoms with Gasteiger partial charge in [0.1, 0.15) is 19.5 Å². The Labute approximate surface area is 184 Å². The summed E-state index contributed by atoms with van der Waals surface area (Å²) in [6.45, 7) is 2.08. The molecule has 1 aromatic carbocycles. The van der Waals surface area contributed by atoms with Gasteiger partial charge in [-0.2, -0.15) is 4.31 Å². The molecule has 2 aliphatic heterocycles. The zero-order valence-electron chi connectivity index (χ0n) is 16.8. The van der Waals surface area contributed by atoms with Crippen LogP contribution in [0.2, 0.25) is 0 Å². The molecule has 166 valence electrons. The minimum Gasteiger partial charge on any atom is -0.486 e. The molecule has 1 aromatic heterocycles. The average molecular weight is 466 g/mol. The lowest BCUT2D eigenvalue weighted by molar-refractivity contribution is -0.129. The normalized spacial score (nSPS) is 19.4. The summed E-state index contributed by atoms with van der Waals surface area (Å²) in [5, 5.41) is 8.80. The molecule has 10 nitrogen and oxygen atoms in total. The summed E-state index contributed by atoms with van der Waals surface area (Å²) in [4.78, 5) is 14.5. The lowest BCUT2D eigenvalue weighted by Gasteiger charge is -2.34. The van der Waals surface area contributed by atoms with Gasteiger partial charge in [-0.25, -0.2) is 8.42 Å². The quantitative estimate of drug-likeness (QED) is 0.582. The molecule has 1 amide bonds. The van der Waals surface area contributed by atoms with E-state index in [9.17, 15) is 13.2 Å². The van der Waals surface area contributed by atoms with E-state index < -0.39 is 10.0 Å². The van der Waals surface area contributed by atoms with E-state index >= 15 is 0 Å². The molecule has 2 aromatic rings. The Balaban J connectivity index is 1.17. The number of carbonyl (C=O) groups is 1. The highest BCUT2D eigenvalue weighted by Crippen LogP contribution is 2.37. The number of amides is 1. The first-order valence-electron chi connectivity index (χ1n) is 10.2. The molecule has 3 heterocycles. The van der Waals surface area contributed by atoms with Crippen LogP contribution in [0.1, 0.15) is 18.9 Å². The zero-order chi connectivity index (χ0) is 21.4. The summed E-state index contributed by atoms with van der Waals surface area (Å²) in [6.07, 6.45) is 3.96. The largest absolute Gasteiger partial charge is 0.486 e. The zero-order valence-corrected chi connectivity index (χ0v) is 18.5. The van der Waals surface area contributed by atoms with Crippen LogP contribution in [0.3, 0.4) is 0 Å². The monoisotopic (exact) mass is 465 g/mol. The van der Waals surface area contributed by atoms with E-state index in [2.05, 4.69) is 10.2 Å². The number of sulfonamides is 1. The molecular weight excluding hydrogens is 442 g/mol. The molecule has 0 radical (unpaired) electrons. The molecular formula is C19H23N5O5S2. The van der Waals surface area contributed by atoms with Crippen molar-refractivity contribution in [2.45, 2.75) is 28.9 Å². The van der Waals surface area contributed by atoms with Crippen LogP contribution in [0, 0.1) is 0 Å². The Kier molecular flexibility index (Phi) is 5.52. The first-order chi connectivity index (χ1) is 15.0. The van der Waals surface area contributed by atoms with Crippen LogP contribution in [-0.2, 0) is 14.8 Å². The Morgan fingerprint density at radius 2 is 1.84 bits per heavy atom. The van der Waals surface area contributed by atoms with Crippen LogP contribution >= 0.6 is 11.8 Å². The average Bonchev–Trinajstić information content (AvgIpc) is 3.54. The Bertz CT molecular complexity index is 1080. The number of hydrogen-bond acceptors (Lipinski definition) is 8. The van der Waals surface area contributed by atoms with Gasteiger partial charge in [-0.05, 0) is 25.0 Å². The fraction of sp³-hybridized carbons (Fsp3) is 0.526. The van der Waals surface area contributed by atoms with E-state index in [-0.39, 0.29) is 29.6 Å². The molecule has 0 spiro atoms. The summed E-state index contributed by atoms with van der Waals surface area (Å²) >= 11 is 1.38. The lowest BCUT2D eigenvalue weighted by Crippen LogP contribution is -2.51. The molecule has 0 bridgehead atoms. The minimum absolute atomic E-state index is 0.0216. The highest BCUT2D eigenvalue weighted by Gasteiger charge is 2.32. The molecule has 31 heavy (non-hydrogen) atoms. The molecule has 3 aliphatic rings. The van der Waals surface area contributed by atoms with E-state index in [0.29, 0.717) is 43.8 Å². The smallest absolute Gasteiger partial charge is 0.243 e. The van der Waals surface area contributed by atoms with E-state index in [1.807, 2.05) is 4.57 Å². The fourth-order valence-electron chi connectivity index (χ4n) is 3.67. The number of piperazine rings is 1. The molecule has 0 atom stereocenters. The highest BCUT2D eigenvalue weighted by atomic mass is 32.2. The number of benzene rings is 1. The molecule has 1 saturated heterocycles. The topological polar surface area (TPSA) is 107 Å². The van der Waals surface area contributed by atoms with Crippen LogP contribution in [0.4, 0.5) is 0 Å². The van der Waals surface area contributed by atoms with Gasteiger partial charge in [0.25, 0.3) is 0 Å². The SMILES string of the molecule is O=C(CSc1nncn1C1CC1)N1CCN(S(=O)(=O)c2ccc3c(c2)OCCO3)CC1. The van der Waals surface area contributed by atoms with Gasteiger partial charge in [-0.1, -0.05) is 11.8 Å². The maximum atomic E-state index is 13.0. The van der Waals surface area contributed by atoms with Gasteiger partial charge < -0.3 is 18.9 Å². The number of carbonyl (C=O) groups excluding carboxylic acids is 1. The number of fused-ring (bicyclic) bond motifs is 1.